The van der Waals surface area contributed by atoms with Gasteiger partial charge in [-0.1, -0.05) is 6.92 Å². The number of rotatable bonds is 5. The van der Waals surface area contributed by atoms with Gasteiger partial charge in [-0.15, -0.1) is 0 Å². The van der Waals surface area contributed by atoms with Crippen molar-refractivity contribution in [2.45, 2.75) is 24.3 Å². The largest absolute Gasteiger partial charge is 0.364 e. The molecule has 10 heteroatoms. The zero-order chi connectivity index (χ0) is 18.9. The minimum atomic E-state index is -3.97. The van der Waals surface area contributed by atoms with Gasteiger partial charge in [0.15, 0.2) is 0 Å². The summed E-state index contributed by atoms with van der Waals surface area (Å²) in [5, 5.41) is 16.5. The Hall–Kier alpha value is -1.75. The lowest BCUT2D eigenvalue weighted by Crippen LogP contribution is -2.50. The van der Waals surface area contributed by atoms with Crippen molar-refractivity contribution in [2.24, 2.45) is 5.14 Å². The Morgan fingerprint density at radius 3 is 2.50 bits per heavy atom. The second-order valence-corrected chi connectivity index (χ2v) is 8.37. The van der Waals surface area contributed by atoms with Crippen LogP contribution in [0.4, 0.5) is 11.4 Å². The maximum Gasteiger partial charge on any atom is 0.293 e. The van der Waals surface area contributed by atoms with E-state index in [-0.39, 0.29) is 10.6 Å². The number of likely N-dealkylation sites (N-methyl/N-ethyl adjacent to an activating group) is 1. The number of hydrogen-bond donors (Lipinski definition) is 1. The van der Waals surface area contributed by atoms with E-state index in [2.05, 4.69) is 16.7 Å². The molecule has 0 radical (unpaired) electrons. The number of piperazine rings is 1. The number of nitro benzene ring substituents is 1. The maximum atomic E-state index is 11.5. The van der Waals surface area contributed by atoms with Crippen LogP contribution in [0.25, 0.3) is 0 Å². The van der Waals surface area contributed by atoms with Crippen molar-refractivity contribution in [1.82, 2.24) is 9.80 Å². The molecular weight excluding hydrogens is 358 g/mol. The predicted molar refractivity (Wildman–Crippen MR) is 98.8 cm³/mol. The number of primary sulfonamides is 1. The Morgan fingerprint density at radius 1 is 1.23 bits per heavy atom. The number of anilines is 1. The van der Waals surface area contributed by atoms with E-state index in [0.717, 1.165) is 45.2 Å². The van der Waals surface area contributed by atoms with E-state index >= 15 is 0 Å². The quantitative estimate of drug-likeness (QED) is 0.580. The number of nitrogens with zero attached hydrogens (tertiary/aromatic N) is 4. The van der Waals surface area contributed by atoms with Crippen LogP contribution in [0.2, 0.25) is 0 Å². The summed E-state index contributed by atoms with van der Waals surface area (Å²) < 4.78 is 23.0. The lowest BCUT2D eigenvalue weighted by atomic mass is 10.2. The molecular formula is C16H25N5O4S. The molecule has 2 fully saturated rings. The van der Waals surface area contributed by atoms with Crippen molar-refractivity contribution in [3.63, 3.8) is 0 Å². The summed E-state index contributed by atoms with van der Waals surface area (Å²) in [6.45, 7) is 8.78. The third kappa shape index (κ3) is 3.98. The van der Waals surface area contributed by atoms with E-state index in [1.807, 2.05) is 4.90 Å². The van der Waals surface area contributed by atoms with Crippen LogP contribution in [0.1, 0.15) is 13.3 Å². The Morgan fingerprint density at radius 2 is 1.92 bits per heavy atom. The first-order valence-corrected chi connectivity index (χ1v) is 10.4. The number of nitro groups is 1. The fourth-order valence-electron chi connectivity index (χ4n) is 3.80. The van der Waals surface area contributed by atoms with Gasteiger partial charge in [0.1, 0.15) is 5.69 Å². The molecule has 26 heavy (non-hydrogen) atoms. The number of hydrogen-bond acceptors (Lipinski definition) is 7. The van der Waals surface area contributed by atoms with E-state index in [4.69, 9.17) is 5.14 Å². The SMILES string of the molecule is CCN1CCN(C2CCN(c3ccc(S(N)(=O)=O)cc3[N+](=O)[O-])C2)CC1. The normalized spacial score (nSPS) is 22.7. The molecule has 1 unspecified atom stereocenters. The first-order valence-electron chi connectivity index (χ1n) is 8.82. The van der Waals surface area contributed by atoms with Gasteiger partial charge in [-0.3, -0.25) is 15.0 Å². The third-order valence-electron chi connectivity index (χ3n) is 5.35. The molecule has 144 valence electrons. The van der Waals surface area contributed by atoms with E-state index in [0.29, 0.717) is 24.8 Å². The Bertz CT molecular complexity index is 777. The molecule has 9 nitrogen and oxygen atoms in total. The van der Waals surface area contributed by atoms with Gasteiger partial charge in [0.25, 0.3) is 5.69 Å². The summed E-state index contributed by atoms with van der Waals surface area (Å²) >= 11 is 0. The third-order valence-corrected chi connectivity index (χ3v) is 6.26. The molecule has 0 amide bonds. The van der Waals surface area contributed by atoms with Crippen molar-refractivity contribution in [3.8, 4) is 0 Å². The molecule has 0 aliphatic carbocycles. The van der Waals surface area contributed by atoms with Crippen LogP contribution in [0, 0.1) is 10.1 Å². The molecule has 0 spiro atoms. The molecule has 1 atom stereocenters. The molecule has 2 aliphatic heterocycles. The highest BCUT2D eigenvalue weighted by atomic mass is 32.2. The lowest BCUT2D eigenvalue weighted by molar-refractivity contribution is -0.384. The molecule has 0 aromatic heterocycles. The van der Waals surface area contributed by atoms with Crippen LogP contribution in [0.3, 0.4) is 0 Å². The highest BCUT2D eigenvalue weighted by Gasteiger charge is 2.32. The molecule has 0 saturated carbocycles. The highest BCUT2D eigenvalue weighted by molar-refractivity contribution is 7.89. The molecule has 1 aromatic rings. The minimum absolute atomic E-state index is 0.215. The molecule has 0 bridgehead atoms. The van der Waals surface area contributed by atoms with Crippen LogP contribution in [0.5, 0.6) is 0 Å². The molecule has 2 saturated heterocycles. The second kappa shape index (κ2) is 7.47. The smallest absolute Gasteiger partial charge is 0.293 e. The van der Waals surface area contributed by atoms with Gasteiger partial charge in [-0.05, 0) is 25.1 Å². The number of nitrogens with two attached hydrogens (primary N) is 1. The number of sulfonamides is 1. The number of benzene rings is 1. The first-order chi connectivity index (χ1) is 12.3. The highest BCUT2D eigenvalue weighted by Crippen LogP contribution is 2.33. The Kier molecular flexibility index (Phi) is 5.47. The molecule has 1 aromatic carbocycles. The summed E-state index contributed by atoms with van der Waals surface area (Å²) in [5.41, 5.74) is 0.241. The van der Waals surface area contributed by atoms with Crippen molar-refractivity contribution in [2.75, 3.05) is 50.7 Å². The van der Waals surface area contributed by atoms with Crippen LogP contribution < -0.4 is 10.0 Å². The van der Waals surface area contributed by atoms with E-state index in [1.54, 1.807) is 0 Å². The molecule has 2 N–H and O–H groups in total. The van der Waals surface area contributed by atoms with Gasteiger partial charge < -0.3 is 9.80 Å². The average Bonchev–Trinajstić information content (AvgIpc) is 3.10. The van der Waals surface area contributed by atoms with Gasteiger partial charge in [-0.2, -0.15) is 0 Å². The van der Waals surface area contributed by atoms with E-state index < -0.39 is 14.9 Å². The topological polar surface area (TPSA) is 113 Å². The minimum Gasteiger partial charge on any atom is -0.364 e. The van der Waals surface area contributed by atoms with Crippen LogP contribution in [0.15, 0.2) is 23.1 Å². The summed E-state index contributed by atoms with van der Waals surface area (Å²) in [5.74, 6) is 0. The first kappa shape index (κ1) is 19.0. The maximum absolute atomic E-state index is 11.5. The lowest BCUT2D eigenvalue weighted by Gasteiger charge is -2.37. The van der Waals surface area contributed by atoms with Crippen molar-refractivity contribution >= 4 is 21.4 Å². The van der Waals surface area contributed by atoms with Gasteiger partial charge in [0.05, 0.1) is 9.82 Å². The second-order valence-electron chi connectivity index (χ2n) is 6.81. The van der Waals surface area contributed by atoms with E-state index in [9.17, 15) is 18.5 Å². The summed E-state index contributed by atoms with van der Waals surface area (Å²) in [4.78, 5) is 17.5. The van der Waals surface area contributed by atoms with Gasteiger partial charge in [-0.25, -0.2) is 13.6 Å². The van der Waals surface area contributed by atoms with Crippen molar-refractivity contribution in [3.05, 3.63) is 28.3 Å². The Labute approximate surface area is 153 Å². The Balaban J connectivity index is 1.75. The monoisotopic (exact) mass is 383 g/mol. The van der Waals surface area contributed by atoms with E-state index in [1.165, 1.54) is 12.1 Å². The van der Waals surface area contributed by atoms with Crippen molar-refractivity contribution in [1.29, 1.82) is 0 Å². The fraction of sp³-hybridized carbons (Fsp3) is 0.625. The van der Waals surface area contributed by atoms with Crippen LogP contribution in [-0.2, 0) is 10.0 Å². The standard InChI is InChI=1S/C16H25N5O4S/c1-2-18-7-9-19(10-8-18)13-5-6-20(12-13)15-4-3-14(26(17,24)25)11-16(15)21(22)23/h3-4,11,13H,2,5-10,12H2,1H3,(H2,17,24,25). The van der Waals surface area contributed by atoms with Gasteiger partial charge in [0.2, 0.25) is 10.0 Å². The van der Waals surface area contributed by atoms with Gasteiger partial charge in [0, 0.05) is 51.4 Å². The summed E-state index contributed by atoms with van der Waals surface area (Å²) in [6.07, 6.45) is 0.945. The van der Waals surface area contributed by atoms with Crippen LogP contribution in [-0.4, -0.2) is 75.0 Å². The zero-order valence-corrected chi connectivity index (χ0v) is 15.7. The summed E-state index contributed by atoms with van der Waals surface area (Å²) in [6, 6.07) is 4.25. The fourth-order valence-corrected chi connectivity index (χ4v) is 4.33. The molecule has 2 aliphatic rings. The van der Waals surface area contributed by atoms with Crippen LogP contribution >= 0.6 is 0 Å². The van der Waals surface area contributed by atoms with Gasteiger partial charge >= 0.3 is 0 Å². The zero-order valence-electron chi connectivity index (χ0n) is 14.9. The van der Waals surface area contributed by atoms with Crippen molar-refractivity contribution < 1.29 is 13.3 Å². The summed E-state index contributed by atoms with van der Waals surface area (Å²) in [7, 11) is -3.97. The average molecular weight is 383 g/mol. The molecule has 2 heterocycles. The molecule has 3 rings (SSSR count). The predicted octanol–water partition coefficient (Wildman–Crippen LogP) is 0.458.